The van der Waals surface area contributed by atoms with Crippen molar-refractivity contribution in [3.8, 4) is 17.2 Å². The Hall–Kier alpha value is -2.20. The highest BCUT2D eigenvalue weighted by molar-refractivity contribution is 5.42. The molecule has 0 aromatic heterocycles. The predicted molar refractivity (Wildman–Crippen MR) is 78.2 cm³/mol. The summed E-state index contributed by atoms with van der Waals surface area (Å²) in [5.41, 5.74) is 2.25. The van der Waals surface area contributed by atoms with E-state index in [-0.39, 0.29) is 5.75 Å². The molecule has 0 heterocycles. The van der Waals surface area contributed by atoms with Crippen molar-refractivity contribution in [3.63, 3.8) is 0 Å². The summed E-state index contributed by atoms with van der Waals surface area (Å²) in [6.45, 7) is 1.48. The van der Waals surface area contributed by atoms with E-state index in [0.717, 1.165) is 35.7 Å². The number of aromatic hydroxyl groups is 1. The Kier molecular flexibility index (Phi) is 4.85. The van der Waals surface area contributed by atoms with E-state index in [0.29, 0.717) is 0 Å². The van der Waals surface area contributed by atoms with Gasteiger partial charge in [0.2, 0.25) is 0 Å². The second kappa shape index (κ2) is 6.82. The Morgan fingerprint density at radius 3 is 2.10 bits per heavy atom. The molecule has 20 heavy (non-hydrogen) atoms. The third-order valence-electron chi connectivity index (χ3n) is 3.04. The average Bonchev–Trinajstić information content (AvgIpc) is 2.49. The molecule has 0 unspecified atom stereocenters. The van der Waals surface area contributed by atoms with Crippen LogP contribution in [0.4, 0.5) is 0 Å². The number of phenols is 1. The molecule has 0 saturated heterocycles. The Morgan fingerprint density at radius 1 is 0.850 bits per heavy atom. The third-order valence-corrected chi connectivity index (χ3v) is 3.04. The minimum absolute atomic E-state index is 0.286. The first-order chi connectivity index (χ1) is 9.72. The molecule has 0 fully saturated rings. The van der Waals surface area contributed by atoms with E-state index in [2.05, 4.69) is 5.32 Å². The molecule has 0 saturated carbocycles. The van der Waals surface area contributed by atoms with Gasteiger partial charge in [-0.1, -0.05) is 18.2 Å². The number of rotatable bonds is 6. The lowest BCUT2D eigenvalue weighted by molar-refractivity contribution is 0.354. The van der Waals surface area contributed by atoms with E-state index in [1.807, 2.05) is 30.3 Å². The zero-order valence-electron chi connectivity index (χ0n) is 11.7. The maximum absolute atomic E-state index is 9.22. The maximum Gasteiger partial charge on any atom is 0.161 e. The highest BCUT2D eigenvalue weighted by Crippen LogP contribution is 2.27. The molecular formula is C16H19NO3. The van der Waals surface area contributed by atoms with Gasteiger partial charge in [0, 0.05) is 13.1 Å². The van der Waals surface area contributed by atoms with E-state index >= 15 is 0 Å². The van der Waals surface area contributed by atoms with Crippen LogP contribution in [0.25, 0.3) is 0 Å². The van der Waals surface area contributed by atoms with E-state index in [4.69, 9.17) is 9.47 Å². The molecular weight excluding hydrogens is 254 g/mol. The van der Waals surface area contributed by atoms with Crippen molar-refractivity contribution in [2.24, 2.45) is 0 Å². The molecule has 0 radical (unpaired) electrons. The van der Waals surface area contributed by atoms with Gasteiger partial charge in [-0.3, -0.25) is 0 Å². The molecule has 2 rings (SSSR count). The number of nitrogens with one attached hydrogen (secondary N) is 1. The summed E-state index contributed by atoms with van der Waals surface area (Å²) in [6, 6.07) is 13.0. The van der Waals surface area contributed by atoms with Gasteiger partial charge in [0.05, 0.1) is 14.2 Å². The van der Waals surface area contributed by atoms with Crippen LogP contribution in [0, 0.1) is 0 Å². The standard InChI is InChI=1S/C16H19NO3/c1-19-15-8-5-13(9-16(15)20-2)11-17-10-12-3-6-14(18)7-4-12/h3-9,17-18H,10-11H2,1-2H3. The lowest BCUT2D eigenvalue weighted by atomic mass is 10.2. The molecule has 0 aliphatic carbocycles. The quantitative estimate of drug-likeness (QED) is 0.849. The van der Waals surface area contributed by atoms with Gasteiger partial charge in [-0.2, -0.15) is 0 Å². The van der Waals surface area contributed by atoms with Crippen LogP contribution >= 0.6 is 0 Å². The Morgan fingerprint density at radius 2 is 1.45 bits per heavy atom. The number of ether oxygens (including phenoxy) is 2. The Labute approximate surface area is 119 Å². The average molecular weight is 273 g/mol. The van der Waals surface area contributed by atoms with Crippen molar-refractivity contribution in [2.75, 3.05) is 14.2 Å². The van der Waals surface area contributed by atoms with Crippen LogP contribution in [0.2, 0.25) is 0 Å². The van der Waals surface area contributed by atoms with Crippen LogP contribution in [-0.2, 0) is 13.1 Å². The lowest BCUT2D eigenvalue weighted by Gasteiger charge is -2.10. The number of hydrogen-bond acceptors (Lipinski definition) is 4. The molecule has 4 heteroatoms. The van der Waals surface area contributed by atoms with Crippen LogP contribution in [0.1, 0.15) is 11.1 Å². The Bertz CT molecular complexity index is 552. The van der Waals surface area contributed by atoms with Gasteiger partial charge in [-0.05, 0) is 35.4 Å². The van der Waals surface area contributed by atoms with Gasteiger partial charge >= 0.3 is 0 Å². The zero-order chi connectivity index (χ0) is 14.4. The minimum Gasteiger partial charge on any atom is -0.508 e. The molecule has 4 nitrogen and oxygen atoms in total. The highest BCUT2D eigenvalue weighted by Gasteiger charge is 2.04. The molecule has 0 amide bonds. The van der Waals surface area contributed by atoms with Crippen LogP contribution in [0.5, 0.6) is 17.2 Å². The van der Waals surface area contributed by atoms with Crippen LogP contribution in [-0.4, -0.2) is 19.3 Å². The number of benzene rings is 2. The van der Waals surface area contributed by atoms with E-state index in [9.17, 15) is 5.11 Å². The second-order valence-corrected chi connectivity index (χ2v) is 4.46. The molecule has 0 aliphatic rings. The first-order valence-electron chi connectivity index (χ1n) is 6.42. The molecule has 0 bridgehead atoms. The van der Waals surface area contributed by atoms with Crippen molar-refractivity contribution in [1.29, 1.82) is 0 Å². The number of hydrogen-bond donors (Lipinski definition) is 2. The van der Waals surface area contributed by atoms with Crippen molar-refractivity contribution in [2.45, 2.75) is 13.1 Å². The second-order valence-electron chi connectivity index (χ2n) is 4.46. The molecule has 2 N–H and O–H groups in total. The summed E-state index contributed by atoms with van der Waals surface area (Å²) in [5, 5.41) is 12.6. The fraction of sp³-hybridized carbons (Fsp3) is 0.250. The Balaban J connectivity index is 1.92. The summed E-state index contributed by atoms with van der Waals surface area (Å²) in [6.07, 6.45) is 0. The van der Waals surface area contributed by atoms with Gasteiger partial charge in [0.15, 0.2) is 11.5 Å². The molecule has 106 valence electrons. The van der Waals surface area contributed by atoms with E-state index in [1.165, 1.54) is 0 Å². The molecule has 0 atom stereocenters. The largest absolute Gasteiger partial charge is 0.508 e. The van der Waals surface area contributed by atoms with Crippen LogP contribution < -0.4 is 14.8 Å². The molecule has 2 aromatic carbocycles. The molecule has 0 spiro atoms. The van der Waals surface area contributed by atoms with Crippen molar-refractivity contribution in [3.05, 3.63) is 53.6 Å². The van der Waals surface area contributed by atoms with E-state index < -0.39 is 0 Å². The fourth-order valence-electron chi connectivity index (χ4n) is 1.96. The van der Waals surface area contributed by atoms with Crippen molar-refractivity contribution in [1.82, 2.24) is 5.32 Å². The number of phenolic OH excluding ortho intramolecular Hbond substituents is 1. The predicted octanol–water partition coefficient (Wildman–Crippen LogP) is 2.70. The number of methoxy groups -OCH3 is 2. The van der Waals surface area contributed by atoms with Crippen molar-refractivity contribution < 1.29 is 14.6 Å². The normalized spacial score (nSPS) is 10.3. The summed E-state index contributed by atoms with van der Waals surface area (Å²) in [5.74, 6) is 1.75. The summed E-state index contributed by atoms with van der Waals surface area (Å²) in [4.78, 5) is 0. The van der Waals surface area contributed by atoms with Gasteiger partial charge in [0.25, 0.3) is 0 Å². The fourth-order valence-corrected chi connectivity index (χ4v) is 1.96. The first-order valence-corrected chi connectivity index (χ1v) is 6.42. The molecule has 0 aliphatic heterocycles. The topological polar surface area (TPSA) is 50.7 Å². The summed E-state index contributed by atoms with van der Waals surface area (Å²) >= 11 is 0. The van der Waals surface area contributed by atoms with Gasteiger partial charge in [0.1, 0.15) is 5.75 Å². The first kappa shape index (κ1) is 14.2. The van der Waals surface area contributed by atoms with Crippen molar-refractivity contribution >= 4 is 0 Å². The maximum atomic E-state index is 9.22. The smallest absolute Gasteiger partial charge is 0.161 e. The van der Waals surface area contributed by atoms with E-state index in [1.54, 1.807) is 26.4 Å². The summed E-state index contributed by atoms with van der Waals surface area (Å²) in [7, 11) is 3.26. The summed E-state index contributed by atoms with van der Waals surface area (Å²) < 4.78 is 10.5. The van der Waals surface area contributed by atoms with Gasteiger partial charge in [-0.15, -0.1) is 0 Å². The van der Waals surface area contributed by atoms with Gasteiger partial charge in [-0.25, -0.2) is 0 Å². The monoisotopic (exact) mass is 273 g/mol. The SMILES string of the molecule is COc1ccc(CNCc2ccc(O)cc2)cc1OC. The highest BCUT2D eigenvalue weighted by atomic mass is 16.5. The van der Waals surface area contributed by atoms with Gasteiger partial charge < -0.3 is 19.9 Å². The van der Waals surface area contributed by atoms with Crippen LogP contribution in [0.15, 0.2) is 42.5 Å². The lowest BCUT2D eigenvalue weighted by Crippen LogP contribution is -2.12. The third kappa shape index (κ3) is 3.65. The minimum atomic E-state index is 0.286. The van der Waals surface area contributed by atoms with Crippen LogP contribution in [0.3, 0.4) is 0 Å². The molecule has 2 aromatic rings. The zero-order valence-corrected chi connectivity index (χ0v) is 11.7.